The van der Waals surface area contributed by atoms with Crippen molar-refractivity contribution in [1.82, 2.24) is 5.32 Å². The largest absolute Gasteiger partial charge is 0.313 e. The number of rotatable bonds is 4. The lowest BCUT2D eigenvalue weighted by Gasteiger charge is -2.27. The first-order valence-corrected chi connectivity index (χ1v) is 8.04. The van der Waals surface area contributed by atoms with Crippen LogP contribution in [0.1, 0.15) is 18.9 Å². The van der Waals surface area contributed by atoms with Crippen LogP contribution in [0.15, 0.2) is 24.3 Å². The van der Waals surface area contributed by atoms with Crippen molar-refractivity contribution in [2.75, 3.05) is 29.5 Å². The van der Waals surface area contributed by atoms with Crippen molar-refractivity contribution in [2.45, 2.75) is 26.3 Å². The molecule has 1 aromatic carbocycles. The van der Waals surface area contributed by atoms with Gasteiger partial charge >= 0.3 is 0 Å². The minimum Gasteiger partial charge on any atom is -0.313 e. The van der Waals surface area contributed by atoms with Gasteiger partial charge in [0.25, 0.3) is 0 Å². The van der Waals surface area contributed by atoms with Gasteiger partial charge in [0.05, 0.1) is 0 Å². The van der Waals surface area contributed by atoms with Crippen molar-refractivity contribution in [2.24, 2.45) is 0 Å². The number of carbonyl (C=O) groups is 1. The third-order valence-corrected chi connectivity index (χ3v) is 4.48. The van der Waals surface area contributed by atoms with Gasteiger partial charge in [-0.1, -0.05) is 12.1 Å². The molecule has 1 aromatic rings. The first-order chi connectivity index (χ1) is 9.20. The van der Waals surface area contributed by atoms with Crippen molar-refractivity contribution < 1.29 is 4.79 Å². The number of hydrogen-bond acceptors (Lipinski definition) is 3. The predicted molar refractivity (Wildman–Crippen MR) is 90.2 cm³/mol. The molecular weight excluding hydrogens is 292 g/mol. The van der Waals surface area contributed by atoms with E-state index in [1.54, 1.807) is 0 Å². The molecule has 2 rings (SSSR count). The first-order valence-electron chi connectivity index (χ1n) is 6.89. The Morgan fingerprint density at radius 1 is 1.50 bits per heavy atom. The number of nitrogens with one attached hydrogen (secondary N) is 1. The number of halogens is 1. The summed E-state index contributed by atoms with van der Waals surface area (Å²) < 4.78 is 0. The SMILES string of the molecule is CCN(C(=O)CC1CSCCN1)c1cccc(C)c1.Cl. The van der Waals surface area contributed by atoms with Crippen LogP contribution in [0.5, 0.6) is 0 Å². The van der Waals surface area contributed by atoms with Crippen molar-refractivity contribution in [3.63, 3.8) is 0 Å². The number of aryl methyl sites for hydroxylation is 1. The highest BCUT2D eigenvalue weighted by Gasteiger charge is 2.21. The van der Waals surface area contributed by atoms with Gasteiger partial charge in [0.1, 0.15) is 0 Å². The lowest BCUT2D eigenvalue weighted by molar-refractivity contribution is -0.118. The number of carbonyl (C=O) groups excluding carboxylic acids is 1. The summed E-state index contributed by atoms with van der Waals surface area (Å²) in [5.41, 5.74) is 2.20. The van der Waals surface area contributed by atoms with E-state index in [-0.39, 0.29) is 18.3 Å². The molecule has 1 atom stereocenters. The minimum atomic E-state index is 0. The Bertz CT molecular complexity index is 436. The molecule has 112 valence electrons. The molecular formula is C15H23ClN2OS. The van der Waals surface area contributed by atoms with E-state index in [9.17, 15) is 4.79 Å². The molecule has 0 saturated carbocycles. The van der Waals surface area contributed by atoms with Gasteiger partial charge in [-0.25, -0.2) is 0 Å². The number of benzene rings is 1. The molecule has 1 fully saturated rings. The number of nitrogens with zero attached hydrogens (tertiary/aromatic N) is 1. The van der Waals surface area contributed by atoms with E-state index in [1.165, 1.54) is 5.56 Å². The molecule has 1 aliphatic rings. The number of amides is 1. The lowest BCUT2D eigenvalue weighted by atomic mass is 10.1. The highest BCUT2D eigenvalue weighted by molar-refractivity contribution is 7.99. The normalized spacial score (nSPS) is 18.2. The second-order valence-corrected chi connectivity index (χ2v) is 6.06. The maximum absolute atomic E-state index is 12.4. The van der Waals surface area contributed by atoms with E-state index < -0.39 is 0 Å². The second kappa shape index (κ2) is 8.55. The third kappa shape index (κ3) is 4.69. The zero-order valence-corrected chi connectivity index (χ0v) is 13.7. The molecule has 1 N–H and O–H groups in total. The standard InChI is InChI=1S/C15H22N2OS.ClH/c1-3-17(14-6-4-5-12(2)9-14)15(18)10-13-11-19-8-7-16-13;/h4-6,9,13,16H,3,7-8,10-11H2,1-2H3;1H. The van der Waals surface area contributed by atoms with Crippen molar-refractivity contribution in [3.8, 4) is 0 Å². The van der Waals surface area contributed by atoms with Crippen molar-refractivity contribution in [1.29, 1.82) is 0 Å². The molecule has 1 aliphatic heterocycles. The summed E-state index contributed by atoms with van der Waals surface area (Å²) >= 11 is 1.93. The third-order valence-electron chi connectivity index (χ3n) is 3.35. The van der Waals surface area contributed by atoms with Crippen molar-refractivity contribution >= 4 is 35.8 Å². The van der Waals surface area contributed by atoms with E-state index in [2.05, 4.69) is 24.4 Å². The minimum absolute atomic E-state index is 0. The zero-order valence-electron chi connectivity index (χ0n) is 12.1. The fraction of sp³-hybridized carbons (Fsp3) is 0.533. The summed E-state index contributed by atoms with van der Waals surface area (Å²) in [5, 5.41) is 3.42. The Kier molecular flexibility index (Phi) is 7.41. The molecule has 3 nitrogen and oxygen atoms in total. The predicted octanol–water partition coefficient (Wildman–Crippen LogP) is 2.86. The van der Waals surface area contributed by atoms with Gasteiger partial charge in [0.2, 0.25) is 5.91 Å². The average Bonchev–Trinajstić information content (AvgIpc) is 2.41. The van der Waals surface area contributed by atoms with Gasteiger partial charge in [0, 0.05) is 42.7 Å². The van der Waals surface area contributed by atoms with Gasteiger partial charge in [-0.05, 0) is 31.5 Å². The van der Waals surface area contributed by atoms with E-state index in [1.807, 2.05) is 35.7 Å². The number of anilines is 1. The highest BCUT2D eigenvalue weighted by Crippen LogP contribution is 2.18. The molecule has 1 saturated heterocycles. The summed E-state index contributed by atoms with van der Waals surface area (Å²) in [6.45, 7) is 5.83. The maximum Gasteiger partial charge on any atom is 0.228 e. The Morgan fingerprint density at radius 2 is 2.30 bits per heavy atom. The summed E-state index contributed by atoms with van der Waals surface area (Å²) in [6, 6.07) is 8.48. The average molecular weight is 315 g/mol. The van der Waals surface area contributed by atoms with E-state index >= 15 is 0 Å². The van der Waals surface area contributed by atoms with Crippen LogP contribution in [0.2, 0.25) is 0 Å². The Balaban J connectivity index is 0.00000200. The molecule has 1 amide bonds. The summed E-state index contributed by atoms with van der Waals surface area (Å²) in [7, 11) is 0. The fourth-order valence-electron chi connectivity index (χ4n) is 2.37. The topological polar surface area (TPSA) is 32.3 Å². The highest BCUT2D eigenvalue weighted by atomic mass is 35.5. The lowest BCUT2D eigenvalue weighted by Crippen LogP contribution is -2.42. The molecule has 0 aromatic heterocycles. The van der Waals surface area contributed by atoms with Crippen LogP contribution < -0.4 is 10.2 Å². The Labute approximate surface area is 131 Å². The van der Waals surface area contributed by atoms with Gasteiger partial charge < -0.3 is 10.2 Å². The second-order valence-electron chi connectivity index (χ2n) is 4.91. The maximum atomic E-state index is 12.4. The quantitative estimate of drug-likeness (QED) is 0.927. The van der Waals surface area contributed by atoms with Crippen LogP contribution in [-0.2, 0) is 4.79 Å². The van der Waals surface area contributed by atoms with E-state index in [0.717, 1.165) is 30.3 Å². The smallest absolute Gasteiger partial charge is 0.228 e. The summed E-state index contributed by atoms with van der Waals surface area (Å²) in [5.74, 6) is 2.41. The first kappa shape index (κ1) is 17.3. The van der Waals surface area contributed by atoms with E-state index in [0.29, 0.717) is 12.5 Å². The molecule has 20 heavy (non-hydrogen) atoms. The van der Waals surface area contributed by atoms with Gasteiger partial charge in [0.15, 0.2) is 0 Å². The van der Waals surface area contributed by atoms with E-state index in [4.69, 9.17) is 0 Å². The van der Waals surface area contributed by atoms with Crippen LogP contribution >= 0.6 is 24.2 Å². The molecule has 1 unspecified atom stereocenters. The number of hydrogen-bond donors (Lipinski definition) is 1. The Hall–Kier alpha value is -0.710. The monoisotopic (exact) mass is 314 g/mol. The van der Waals surface area contributed by atoms with Gasteiger partial charge in [-0.2, -0.15) is 11.8 Å². The van der Waals surface area contributed by atoms with Crippen LogP contribution in [-0.4, -0.2) is 36.5 Å². The molecule has 5 heteroatoms. The zero-order chi connectivity index (χ0) is 13.7. The number of thioether (sulfide) groups is 1. The van der Waals surface area contributed by atoms with Crippen LogP contribution in [0, 0.1) is 6.92 Å². The van der Waals surface area contributed by atoms with Crippen molar-refractivity contribution in [3.05, 3.63) is 29.8 Å². The van der Waals surface area contributed by atoms with Crippen LogP contribution in [0.4, 0.5) is 5.69 Å². The molecule has 0 bridgehead atoms. The van der Waals surface area contributed by atoms with Crippen LogP contribution in [0.25, 0.3) is 0 Å². The Morgan fingerprint density at radius 3 is 2.90 bits per heavy atom. The summed E-state index contributed by atoms with van der Waals surface area (Å²) in [4.78, 5) is 14.3. The molecule has 0 spiro atoms. The molecule has 1 heterocycles. The fourth-order valence-corrected chi connectivity index (χ4v) is 3.32. The van der Waals surface area contributed by atoms with Gasteiger partial charge in [-0.3, -0.25) is 4.79 Å². The molecule has 0 aliphatic carbocycles. The summed E-state index contributed by atoms with van der Waals surface area (Å²) in [6.07, 6.45) is 0.592. The van der Waals surface area contributed by atoms with Gasteiger partial charge in [-0.15, -0.1) is 12.4 Å². The van der Waals surface area contributed by atoms with Crippen LogP contribution in [0.3, 0.4) is 0 Å². The molecule has 0 radical (unpaired) electrons.